The first-order valence-electron chi connectivity index (χ1n) is 7.31. The molecule has 2 heteroatoms. The van der Waals surface area contributed by atoms with Gasteiger partial charge in [-0.3, -0.25) is 0 Å². The van der Waals surface area contributed by atoms with Gasteiger partial charge in [-0.25, -0.2) is 0 Å². The molecular weight excluding hydrogens is 246 g/mol. The Morgan fingerprint density at radius 3 is 2.80 bits per heavy atom. The smallest absolute Gasteiger partial charge is 0.119 e. The summed E-state index contributed by atoms with van der Waals surface area (Å²) in [5.74, 6) is 0.956. The number of methoxy groups -OCH3 is 1. The number of benzene rings is 2. The Bertz CT molecular complexity index is 565. The second-order valence-corrected chi connectivity index (χ2v) is 5.35. The van der Waals surface area contributed by atoms with E-state index in [2.05, 4.69) is 53.8 Å². The monoisotopic (exact) mass is 267 g/mol. The summed E-state index contributed by atoms with van der Waals surface area (Å²) in [6.07, 6.45) is 3.35. The molecule has 2 aromatic rings. The Balaban J connectivity index is 1.75. The van der Waals surface area contributed by atoms with Gasteiger partial charge in [-0.15, -0.1) is 0 Å². The van der Waals surface area contributed by atoms with Crippen molar-refractivity contribution in [3.05, 3.63) is 65.2 Å². The Hall–Kier alpha value is -1.80. The molecule has 0 aliphatic carbocycles. The molecule has 1 aliphatic rings. The molecule has 0 radical (unpaired) electrons. The largest absolute Gasteiger partial charge is 0.497 e. The van der Waals surface area contributed by atoms with Crippen molar-refractivity contribution in [2.24, 2.45) is 0 Å². The van der Waals surface area contributed by atoms with Crippen LogP contribution in [-0.2, 0) is 12.8 Å². The molecule has 0 saturated heterocycles. The quantitative estimate of drug-likeness (QED) is 0.915. The third-order valence-corrected chi connectivity index (χ3v) is 4.08. The van der Waals surface area contributed by atoms with E-state index < -0.39 is 0 Å². The van der Waals surface area contributed by atoms with Gasteiger partial charge in [0.1, 0.15) is 5.75 Å². The van der Waals surface area contributed by atoms with Crippen LogP contribution in [0.1, 0.15) is 29.2 Å². The first kappa shape index (κ1) is 13.2. The Morgan fingerprint density at radius 1 is 1.15 bits per heavy atom. The third kappa shape index (κ3) is 2.86. The molecule has 104 valence electrons. The van der Waals surface area contributed by atoms with E-state index in [-0.39, 0.29) is 0 Å². The van der Waals surface area contributed by atoms with Gasteiger partial charge in [-0.1, -0.05) is 36.4 Å². The molecule has 0 amide bonds. The summed E-state index contributed by atoms with van der Waals surface area (Å²) in [5.41, 5.74) is 4.28. The van der Waals surface area contributed by atoms with Crippen molar-refractivity contribution in [2.45, 2.75) is 25.3 Å². The average molecular weight is 267 g/mol. The fraction of sp³-hybridized carbons (Fsp3) is 0.333. The summed E-state index contributed by atoms with van der Waals surface area (Å²) in [6, 6.07) is 17.6. The van der Waals surface area contributed by atoms with Crippen molar-refractivity contribution in [3.8, 4) is 5.75 Å². The molecule has 1 unspecified atom stereocenters. The van der Waals surface area contributed by atoms with Gasteiger partial charge in [0.15, 0.2) is 0 Å². The van der Waals surface area contributed by atoms with Gasteiger partial charge in [-0.05, 0) is 54.6 Å². The van der Waals surface area contributed by atoms with Crippen LogP contribution >= 0.6 is 0 Å². The summed E-state index contributed by atoms with van der Waals surface area (Å²) in [4.78, 5) is 0. The highest BCUT2D eigenvalue weighted by molar-refractivity contribution is 5.39. The standard InChI is InChI=1S/C18H21NO/c1-20-16-9-8-15-11-12-19-18(17(15)13-16)10-7-14-5-3-2-4-6-14/h2-6,8-9,13,18-19H,7,10-12H2,1H3. The van der Waals surface area contributed by atoms with Gasteiger partial charge in [0.05, 0.1) is 7.11 Å². The maximum absolute atomic E-state index is 5.36. The second kappa shape index (κ2) is 6.10. The predicted molar refractivity (Wildman–Crippen MR) is 82.2 cm³/mol. The summed E-state index contributed by atoms with van der Waals surface area (Å²) in [5, 5.41) is 3.64. The molecule has 1 N–H and O–H groups in total. The van der Waals surface area contributed by atoms with Crippen molar-refractivity contribution < 1.29 is 4.74 Å². The van der Waals surface area contributed by atoms with Crippen LogP contribution in [-0.4, -0.2) is 13.7 Å². The highest BCUT2D eigenvalue weighted by Crippen LogP contribution is 2.29. The van der Waals surface area contributed by atoms with E-state index in [1.54, 1.807) is 7.11 Å². The van der Waals surface area contributed by atoms with E-state index in [0.29, 0.717) is 6.04 Å². The van der Waals surface area contributed by atoms with Gasteiger partial charge in [-0.2, -0.15) is 0 Å². The molecule has 1 atom stereocenters. The van der Waals surface area contributed by atoms with Gasteiger partial charge in [0.25, 0.3) is 0 Å². The van der Waals surface area contributed by atoms with Crippen LogP contribution in [0.4, 0.5) is 0 Å². The van der Waals surface area contributed by atoms with Crippen molar-refractivity contribution in [1.29, 1.82) is 0 Å². The lowest BCUT2D eigenvalue weighted by Gasteiger charge is -2.27. The molecular formula is C18H21NO. The van der Waals surface area contributed by atoms with E-state index in [4.69, 9.17) is 4.74 Å². The zero-order valence-electron chi connectivity index (χ0n) is 11.9. The molecule has 2 nitrogen and oxygen atoms in total. The first-order valence-corrected chi connectivity index (χ1v) is 7.31. The zero-order valence-corrected chi connectivity index (χ0v) is 11.9. The lowest BCUT2D eigenvalue weighted by Crippen LogP contribution is -2.30. The normalized spacial score (nSPS) is 17.6. The summed E-state index contributed by atoms with van der Waals surface area (Å²) in [6.45, 7) is 1.07. The number of nitrogens with one attached hydrogen (secondary N) is 1. The fourth-order valence-electron chi connectivity index (χ4n) is 2.96. The molecule has 3 rings (SSSR count). The minimum atomic E-state index is 0.439. The van der Waals surface area contributed by atoms with Gasteiger partial charge in [0, 0.05) is 6.04 Å². The van der Waals surface area contributed by atoms with Crippen LogP contribution in [0.5, 0.6) is 5.75 Å². The summed E-state index contributed by atoms with van der Waals surface area (Å²) < 4.78 is 5.36. The minimum absolute atomic E-state index is 0.439. The molecule has 1 heterocycles. The van der Waals surface area contributed by atoms with E-state index in [9.17, 15) is 0 Å². The number of fused-ring (bicyclic) bond motifs is 1. The highest BCUT2D eigenvalue weighted by Gasteiger charge is 2.19. The highest BCUT2D eigenvalue weighted by atomic mass is 16.5. The van der Waals surface area contributed by atoms with Gasteiger partial charge >= 0.3 is 0 Å². The Morgan fingerprint density at radius 2 is 2.00 bits per heavy atom. The first-order chi connectivity index (χ1) is 9.86. The van der Waals surface area contributed by atoms with Crippen LogP contribution in [0.25, 0.3) is 0 Å². The molecule has 0 spiro atoms. The SMILES string of the molecule is COc1ccc2c(c1)C(CCc1ccccc1)NCC2. The summed E-state index contributed by atoms with van der Waals surface area (Å²) in [7, 11) is 1.73. The van der Waals surface area contributed by atoms with Crippen molar-refractivity contribution in [1.82, 2.24) is 5.32 Å². The number of ether oxygens (including phenoxy) is 1. The maximum Gasteiger partial charge on any atom is 0.119 e. The van der Waals surface area contributed by atoms with Gasteiger partial charge in [0.2, 0.25) is 0 Å². The van der Waals surface area contributed by atoms with Crippen LogP contribution in [0.3, 0.4) is 0 Å². The third-order valence-electron chi connectivity index (χ3n) is 4.08. The minimum Gasteiger partial charge on any atom is -0.497 e. The summed E-state index contributed by atoms with van der Waals surface area (Å²) >= 11 is 0. The van der Waals surface area contributed by atoms with Gasteiger partial charge < -0.3 is 10.1 Å². The number of hydrogen-bond donors (Lipinski definition) is 1. The molecule has 0 fully saturated rings. The van der Waals surface area contributed by atoms with Crippen molar-refractivity contribution >= 4 is 0 Å². The molecule has 0 saturated carbocycles. The lowest BCUT2D eigenvalue weighted by atomic mass is 9.90. The fourth-order valence-corrected chi connectivity index (χ4v) is 2.96. The second-order valence-electron chi connectivity index (χ2n) is 5.35. The zero-order chi connectivity index (χ0) is 13.8. The van der Waals surface area contributed by atoms with Crippen LogP contribution in [0, 0.1) is 0 Å². The number of aryl methyl sites for hydroxylation is 1. The Labute approximate surface area is 120 Å². The van der Waals surface area contributed by atoms with Crippen molar-refractivity contribution in [2.75, 3.05) is 13.7 Å². The van der Waals surface area contributed by atoms with Crippen LogP contribution in [0.2, 0.25) is 0 Å². The topological polar surface area (TPSA) is 21.3 Å². The maximum atomic E-state index is 5.36. The molecule has 2 aromatic carbocycles. The number of hydrogen-bond acceptors (Lipinski definition) is 2. The molecule has 0 aromatic heterocycles. The van der Waals surface area contributed by atoms with Crippen LogP contribution < -0.4 is 10.1 Å². The molecule has 1 aliphatic heterocycles. The predicted octanol–water partition coefficient (Wildman–Crippen LogP) is 3.51. The Kier molecular flexibility index (Phi) is 4.03. The van der Waals surface area contributed by atoms with Crippen molar-refractivity contribution in [3.63, 3.8) is 0 Å². The van der Waals surface area contributed by atoms with E-state index in [1.807, 2.05) is 0 Å². The molecule has 0 bridgehead atoms. The van der Waals surface area contributed by atoms with E-state index in [0.717, 1.165) is 31.6 Å². The molecule has 20 heavy (non-hydrogen) atoms. The number of rotatable bonds is 4. The van der Waals surface area contributed by atoms with E-state index >= 15 is 0 Å². The lowest BCUT2D eigenvalue weighted by molar-refractivity contribution is 0.410. The van der Waals surface area contributed by atoms with Crippen LogP contribution in [0.15, 0.2) is 48.5 Å². The van der Waals surface area contributed by atoms with E-state index in [1.165, 1.54) is 16.7 Å². The average Bonchev–Trinajstić information content (AvgIpc) is 2.53.